The second-order valence-corrected chi connectivity index (χ2v) is 13.7. The fourth-order valence-electron chi connectivity index (χ4n) is 6.60. The Balaban J connectivity index is 1.06. The molecule has 0 saturated carbocycles. The number of benzene rings is 5. The highest BCUT2D eigenvalue weighted by Crippen LogP contribution is 2.35. The van der Waals surface area contributed by atoms with Crippen molar-refractivity contribution in [2.24, 2.45) is 0 Å². The zero-order valence-corrected chi connectivity index (χ0v) is 34.1. The number of carbonyl (C=O) groups excluding carboxylic acids is 1. The number of rotatable bonds is 10. The maximum atomic E-state index is 13.2. The Labute approximate surface area is 356 Å². The lowest BCUT2D eigenvalue weighted by Crippen LogP contribution is -2.08. The van der Waals surface area contributed by atoms with Crippen LogP contribution in [0, 0.1) is 23.7 Å². The van der Waals surface area contributed by atoms with Crippen molar-refractivity contribution < 1.29 is 33.6 Å². The molecule has 15 heteroatoms. The molecule has 310 valence electrons. The number of nitrogens with two attached hydrogens (primary N) is 4. The van der Waals surface area contributed by atoms with E-state index in [0.717, 1.165) is 27.5 Å². The van der Waals surface area contributed by atoms with E-state index in [1.807, 2.05) is 48.5 Å². The highest BCUT2D eigenvalue weighted by Gasteiger charge is 2.17. The second kappa shape index (κ2) is 18.1. The number of esters is 1. The van der Waals surface area contributed by atoms with Gasteiger partial charge in [-0.15, -0.1) is 0 Å². The monoisotopic (exact) mass is 828 g/mol. The largest absolute Gasteiger partial charge is 0.507 e. The van der Waals surface area contributed by atoms with E-state index in [9.17, 15) is 9.90 Å². The van der Waals surface area contributed by atoms with E-state index in [0.29, 0.717) is 75.2 Å². The van der Waals surface area contributed by atoms with Crippen LogP contribution in [-0.4, -0.2) is 59.5 Å². The number of methoxy groups -OCH3 is 4. The van der Waals surface area contributed by atoms with Gasteiger partial charge in [-0.2, -0.15) is 9.97 Å². The minimum Gasteiger partial charge on any atom is -0.507 e. The highest BCUT2D eigenvalue weighted by atomic mass is 16.5. The first-order chi connectivity index (χ1) is 29.9. The van der Waals surface area contributed by atoms with Crippen LogP contribution in [0.5, 0.6) is 34.5 Å². The Morgan fingerprint density at radius 1 is 0.597 bits per heavy atom. The van der Waals surface area contributed by atoms with E-state index < -0.39 is 5.97 Å². The lowest BCUT2D eigenvalue weighted by molar-refractivity contribution is 0.0732. The Morgan fingerprint density at radius 2 is 1.10 bits per heavy atom. The molecular weight excluding hydrogens is 789 g/mol. The van der Waals surface area contributed by atoms with Gasteiger partial charge in [-0.05, 0) is 88.6 Å². The van der Waals surface area contributed by atoms with Crippen molar-refractivity contribution >= 4 is 40.3 Å². The molecule has 0 bridgehead atoms. The Kier molecular flexibility index (Phi) is 12.1. The third-order valence-corrected chi connectivity index (χ3v) is 9.62. The van der Waals surface area contributed by atoms with Gasteiger partial charge in [-0.25, -0.2) is 14.8 Å². The first-order valence-electron chi connectivity index (χ1n) is 18.8. The normalized spacial score (nSPS) is 10.5. The third kappa shape index (κ3) is 9.28. The Hall–Kier alpha value is -8.69. The van der Waals surface area contributed by atoms with Crippen molar-refractivity contribution in [2.75, 3.05) is 51.4 Å². The number of aromatic hydroxyl groups is 1. The van der Waals surface area contributed by atoms with Gasteiger partial charge in [0.2, 0.25) is 11.9 Å². The highest BCUT2D eigenvalue weighted by molar-refractivity contribution is 5.95. The fraction of sp³-hybridized carbons (Fsp3) is 0.128. The molecule has 0 unspecified atom stereocenters. The van der Waals surface area contributed by atoms with Crippen molar-refractivity contribution in [1.82, 2.24) is 19.9 Å². The number of hydrogen-bond acceptors (Lipinski definition) is 15. The summed E-state index contributed by atoms with van der Waals surface area (Å²) in [6, 6.07) is 22.7. The van der Waals surface area contributed by atoms with E-state index >= 15 is 0 Å². The zero-order valence-electron chi connectivity index (χ0n) is 34.1. The van der Waals surface area contributed by atoms with Crippen LogP contribution in [0.2, 0.25) is 0 Å². The van der Waals surface area contributed by atoms with Gasteiger partial charge < -0.3 is 51.7 Å². The van der Waals surface area contributed by atoms with Crippen molar-refractivity contribution in [3.63, 3.8) is 0 Å². The summed E-state index contributed by atoms with van der Waals surface area (Å²) in [6.07, 6.45) is 3.97. The van der Waals surface area contributed by atoms with Gasteiger partial charge in [0.1, 0.15) is 28.7 Å². The van der Waals surface area contributed by atoms with Crippen LogP contribution in [0.3, 0.4) is 0 Å². The predicted molar refractivity (Wildman–Crippen MR) is 235 cm³/mol. The van der Waals surface area contributed by atoms with Crippen molar-refractivity contribution in [3.8, 4) is 58.2 Å². The van der Waals surface area contributed by atoms with Gasteiger partial charge in [0, 0.05) is 47.5 Å². The van der Waals surface area contributed by atoms with Gasteiger partial charge >= 0.3 is 5.97 Å². The van der Waals surface area contributed by atoms with Crippen LogP contribution in [0.25, 0.3) is 10.8 Å². The molecule has 9 N–H and O–H groups in total. The summed E-state index contributed by atoms with van der Waals surface area (Å²) >= 11 is 0. The second-order valence-electron chi connectivity index (χ2n) is 13.7. The summed E-state index contributed by atoms with van der Waals surface area (Å²) in [5.41, 5.74) is 28.8. The molecule has 0 aliphatic rings. The molecule has 0 aliphatic heterocycles. The average molecular weight is 829 g/mol. The number of phenols is 1. The fourth-order valence-corrected chi connectivity index (χ4v) is 6.60. The van der Waals surface area contributed by atoms with Crippen LogP contribution < -0.4 is 46.6 Å². The van der Waals surface area contributed by atoms with E-state index in [1.54, 1.807) is 44.8 Å². The molecule has 0 saturated heterocycles. The predicted octanol–water partition coefficient (Wildman–Crippen LogP) is 5.69. The van der Waals surface area contributed by atoms with Gasteiger partial charge in [0.05, 0.1) is 39.6 Å². The number of fused-ring (bicyclic) bond motifs is 1. The SMILES string of the molecule is COc1cc(Cc2cnc(N)nc2N)cc(C#Cc2ccc(C(=O)Oc3ccc4cc(C#Cc5cc(Cc6cnc(N)nc6N)cc(OC)c5OC)ccc4c3)c(O)c2)c1OC. The number of phenolic OH excluding ortho intramolecular Hbond substituents is 1. The summed E-state index contributed by atoms with van der Waals surface area (Å²) in [5.74, 6) is 14.4. The van der Waals surface area contributed by atoms with E-state index in [4.69, 9.17) is 46.6 Å². The summed E-state index contributed by atoms with van der Waals surface area (Å²) < 4.78 is 28.1. The Morgan fingerprint density at radius 3 is 1.60 bits per heavy atom. The van der Waals surface area contributed by atoms with Crippen molar-refractivity contribution in [1.29, 1.82) is 0 Å². The van der Waals surface area contributed by atoms with Crippen molar-refractivity contribution in [3.05, 3.63) is 141 Å². The zero-order chi connectivity index (χ0) is 43.9. The third-order valence-electron chi connectivity index (χ3n) is 9.62. The molecule has 2 heterocycles. The number of hydrogen-bond donors (Lipinski definition) is 5. The minimum absolute atomic E-state index is 0.0350. The quantitative estimate of drug-likeness (QED) is 0.0632. The van der Waals surface area contributed by atoms with E-state index in [2.05, 4.69) is 43.6 Å². The molecule has 15 nitrogen and oxygen atoms in total. The van der Waals surface area contributed by atoms with Crippen LogP contribution in [0.1, 0.15) is 54.9 Å². The topological polar surface area (TPSA) is 239 Å². The summed E-state index contributed by atoms with van der Waals surface area (Å²) in [5, 5.41) is 12.6. The average Bonchev–Trinajstić information content (AvgIpc) is 3.26. The van der Waals surface area contributed by atoms with Crippen LogP contribution in [-0.2, 0) is 12.8 Å². The standard InChI is InChI=1S/C47H40N8O7/c1-58-39-21-28(18-34-24-52-46(50)54-43(34)48)16-32(41(39)60-3)10-6-26-5-9-31-23-36(13-12-30(31)15-26)62-45(57)37-14-8-27(20-38(37)56)7-11-33-17-29(22-40(59-2)42(33)61-4)19-35-25-53-47(51)55-44(35)49/h5,8-9,12-17,20-25,56H,18-19H2,1-4H3,(H4,48,50,52,54)(H4,49,51,53,55). The number of anilines is 4. The van der Waals surface area contributed by atoms with Gasteiger partial charge in [-0.3, -0.25) is 0 Å². The first-order valence-corrected chi connectivity index (χ1v) is 18.8. The smallest absolute Gasteiger partial charge is 0.347 e. The number of carbonyl (C=O) groups is 1. The molecular formula is C47H40N8O7. The molecule has 0 atom stereocenters. The summed E-state index contributed by atoms with van der Waals surface area (Å²) in [7, 11) is 6.15. The van der Waals surface area contributed by atoms with E-state index in [-0.39, 0.29) is 29.0 Å². The molecule has 7 aromatic rings. The maximum Gasteiger partial charge on any atom is 0.347 e. The lowest BCUT2D eigenvalue weighted by Gasteiger charge is -2.13. The number of nitrogens with zero attached hydrogens (tertiary/aromatic N) is 4. The molecule has 0 aliphatic carbocycles. The summed E-state index contributed by atoms with van der Waals surface area (Å²) in [6.45, 7) is 0. The lowest BCUT2D eigenvalue weighted by atomic mass is 10.0. The molecule has 0 radical (unpaired) electrons. The van der Waals surface area contributed by atoms with E-state index in [1.165, 1.54) is 26.4 Å². The summed E-state index contributed by atoms with van der Waals surface area (Å²) in [4.78, 5) is 29.4. The number of aromatic nitrogens is 4. The van der Waals surface area contributed by atoms with Gasteiger partial charge in [0.25, 0.3) is 0 Å². The minimum atomic E-state index is -0.743. The molecule has 2 aromatic heterocycles. The first kappa shape index (κ1) is 41.5. The number of nitrogen functional groups attached to an aromatic ring is 4. The molecule has 0 amide bonds. The molecule has 62 heavy (non-hydrogen) atoms. The van der Waals surface area contributed by atoms with Gasteiger partial charge in [0.15, 0.2) is 23.0 Å². The van der Waals surface area contributed by atoms with Gasteiger partial charge in [-0.1, -0.05) is 35.8 Å². The Bertz CT molecular complexity index is 3010. The van der Waals surface area contributed by atoms with Crippen LogP contribution in [0.15, 0.2) is 91.3 Å². The van der Waals surface area contributed by atoms with Crippen LogP contribution >= 0.6 is 0 Å². The maximum absolute atomic E-state index is 13.2. The van der Waals surface area contributed by atoms with Crippen molar-refractivity contribution in [2.45, 2.75) is 12.8 Å². The molecule has 0 fully saturated rings. The number of ether oxygens (including phenoxy) is 5. The molecule has 5 aromatic carbocycles. The molecule has 7 rings (SSSR count). The molecule has 0 spiro atoms. The van der Waals surface area contributed by atoms with Crippen LogP contribution in [0.4, 0.5) is 23.5 Å².